The number of piperidine rings is 1. The first-order valence-electron chi connectivity index (χ1n) is 6.67. The van der Waals surface area contributed by atoms with E-state index in [0.717, 1.165) is 18.9 Å². The minimum atomic E-state index is 0.508. The Morgan fingerprint density at radius 1 is 1.41 bits per heavy atom. The molecule has 94 valence electrons. The number of imidazole rings is 1. The van der Waals surface area contributed by atoms with Crippen LogP contribution in [0.3, 0.4) is 0 Å². The molecule has 0 aromatic carbocycles. The van der Waals surface area contributed by atoms with Gasteiger partial charge in [0.2, 0.25) is 0 Å². The summed E-state index contributed by atoms with van der Waals surface area (Å²) in [7, 11) is 4.36. The minimum Gasteiger partial charge on any atom is -0.336 e. The van der Waals surface area contributed by atoms with Crippen LogP contribution in [0.2, 0.25) is 0 Å². The van der Waals surface area contributed by atoms with Crippen LogP contribution >= 0.6 is 0 Å². The molecular weight excluding hydrogens is 212 g/mol. The molecule has 1 N–H and O–H groups in total. The van der Waals surface area contributed by atoms with Crippen molar-refractivity contribution in [2.45, 2.75) is 25.3 Å². The van der Waals surface area contributed by atoms with Gasteiger partial charge in [0, 0.05) is 26.6 Å². The molecule has 2 aliphatic heterocycles. The molecule has 1 aromatic heterocycles. The lowest BCUT2D eigenvalue weighted by Gasteiger charge is -2.37. The highest BCUT2D eigenvalue weighted by atomic mass is 15.1. The molecule has 17 heavy (non-hydrogen) atoms. The van der Waals surface area contributed by atoms with E-state index in [2.05, 4.69) is 33.9 Å². The molecule has 3 heterocycles. The molecule has 2 unspecified atom stereocenters. The van der Waals surface area contributed by atoms with Gasteiger partial charge < -0.3 is 14.8 Å². The van der Waals surface area contributed by atoms with E-state index in [4.69, 9.17) is 0 Å². The molecule has 4 nitrogen and oxygen atoms in total. The van der Waals surface area contributed by atoms with Gasteiger partial charge >= 0.3 is 0 Å². The van der Waals surface area contributed by atoms with Crippen LogP contribution in [-0.4, -0.2) is 41.1 Å². The van der Waals surface area contributed by atoms with Gasteiger partial charge in [-0.1, -0.05) is 0 Å². The van der Waals surface area contributed by atoms with Crippen LogP contribution in [-0.2, 0) is 13.5 Å². The van der Waals surface area contributed by atoms with E-state index in [0.29, 0.717) is 6.04 Å². The molecule has 1 fully saturated rings. The molecule has 2 atom stereocenters. The lowest BCUT2D eigenvalue weighted by molar-refractivity contribution is 0.167. The zero-order valence-electron chi connectivity index (χ0n) is 10.8. The van der Waals surface area contributed by atoms with Crippen molar-refractivity contribution in [1.29, 1.82) is 0 Å². The second-order valence-corrected chi connectivity index (χ2v) is 5.53. The van der Waals surface area contributed by atoms with Crippen molar-refractivity contribution in [3.8, 4) is 0 Å². The third-order valence-corrected chi connectivity index (χ3v) is 4.22. The van der Waals surface area contributed by atoms with E-state index < -0.39 is 0 Å². The average Bonchev–Trinajstić information content (AvgIpc) is 2.71. The number of fused-ring (bicyclic) bond motifs is 1. The quantitative estimate of drug-likeness (QED) is 0.785. The smallest absolute Gasteiger partial charge is 0.0949 e. The molecule has 1 aromatic rings. The Balaban J connectivity index is 1.86. The maximum Gasteiger partial charge on any atom is 0.0949 e. The van der Waals surface area contributed by atoms with E-state index >= 15 is 0 Å². The van der Waals surface area contributed by atoms with Gasteiger partial charge in [0.05, 0.1) is 23.8 Å². The van der Waals surface area contributed by atoms with Crippen LogP contribution in [0.4, 0.5) is 0 Å². The molecule has 0 aliphatic carbocycles. The summed E-state index contributed by atoms with van der Waals surface area (Å²) in [5.41, 5.74) is 2.74. The second-order valence-electron chi connectivity index (χ2n) is 5.53. The molecule has 0 spiro atoms. The summed E-state index contributed by atoms with van der Waals surface area (Å²) in [6.45, 7) is 3.54. The highest BCUT2D eigenvalue weighted by Crippen LogP contribution is 2.32. The molecule has 4 heteroatoms. The monoisotopic (exact) mass is 234 g/mol. The van der Waals surface area contributed by atoms with Crippen LogP contribution in [0.15, 0.2) is 6.33 Å². The molecule has 0 bridgehead atoms. The summed E-state index contributed by atoms with van der Waals surface area (Å²) in [5, 5.41) is 3.70. The van der Waals surface area contributed by atoms with Gasteiger partial charge in [0.15, 0.2) is 0 Å². The number of rotatable bonds is 1. The fourth-order valence-electron chi connectivity index (χ4n) is 3.39. The average molecular weight is 234 g/mol. The van der Waals surface area contributed by atoms with Gasteiger partial charge in [-0.3, -0.25) is 0 Å². The van der Waals surface area contributed by atoms with E-state index in [1.165, 1.54) is 37.3 Å². The largest absolute Gasteiger partial charge is 0.336 e. The molecule has 2 aliphatic rings. The third kappa shape index (κ3) is 2.00. The standard InChI is InChI=1S/C13H22N4/c1-16-7-3-4-10(8-16)12-13-11(5-6-14-12)15-9-17(13)2/h9-10,12,14H,3-8H2,1-2H3. The Hall–Kier alpha value is -0.870. The molecule has 3 rings (SSSR count). The van der Waals surface area contributed by atoms with E-state index in [1.807, 2.05) is 6.33 Å². The summed E-state index contributed by atoms with van der Waals surface area (Å²) < 4.78 is 2.21. The highest BCUT2D eigenvalue weighted by Gasteiger charge is 2.32. The normalized spacial score (nSPS) is 30.2. The zero-order valence-corrected chi connectivity index (χ0v) is 10.8. The number of aromatic nitrogens is 2. The van der Waals surface area contributed by atoms with Crippen molar-refractivity contribution in [2.75, 3.05) is 26.7 Å². The van der Waals surface area contributed by atoms with Gasteiger partial charge in [-0.2, -0.15) is 0 Å². The molecular formula is C13H22N4. The first-order valence-corrected chi connectivity index (χ1v) is 6.67. The van der Waals surface area contributed by atoms with Crippen molar-refractivity contribution in [2.24, 2.45) is 13.0 Å². The summed E-state index contributed by atoms with van der Waals surface area (Å²) in [6.07, 6.45) is 5.71. The predicted octanol–water partition coefficient (Wildman–Crippen LogP) is 0.949. The van der Waals surface area contributed by atoms with Crippen LogP contribution in [0.5, 0.6) is 0 Å². The van der Waals surface area contributed by atoms with Crippen LogP contribution in [0, 0.1) is 5.92 Å². The van der Waals surface area contributed by atoms with Crippen molar-refractivity contribution in [1.82, 2.24) is 19.8 Å². The maximum atomic E-state index is 4.53. The Bertz CT molecular complexity index is 398. The third-order valence-electron chi connectivity index (χ3n) is 4.22. The summed E-state index contributed by atoms with van der Waals surface area (Å²) in [5.74, 6) is 0.739. The number of likely N-dealkylation sites (tertiary alicyclic amines) is 1. The number of hydrogen-bond acceptors (Lipinski definition) is 3. The minimum absolute atomic E-state index is 0.508. The lowest BCUT2D eigenvalue weighted by atomic mass is 9.86. The van der Waals surface area contributed by atoms with Crippen LogP contribution in [0.1, 0.15) is 30.3 Å². The number of aryl methyl sites for hydroxylation is 1. The van der Waals surface area contributed by atoms with Gasteiger partial charge in [0.1, 0.15) is 0 Å². The zero-order chi connectivity index (χ0) is 11.8. The second kappa shape index (κ2) is 4.42. The predicted molar refractivity (Wildman–Crippen MR) is 67.9 cm³/mol. The molecule has 1 saturated heterocycles. The van der Waals surface area contributed by atoms with E-state index in [1.54, 1.807) is 0 Å². The maximum absolute atomic E-state index is 4.53. The number of nitrogens with zero attached hydrogens (tertiary/aromatic N) is 3. The first kappa shape index (κ1) is 11.2. The van der Waals surface area contributed by atoms with Crippen molar-refractivity contribution in [3.63, 3.8) is 0 Å². The Labute approximate surface area is 103 Å². The van der Waals surface area contributed by atoms with E-state index in [9.17, 15) is 0 Å². The fraction of sp³-hybridized carbons (Fsp3) is 0.769. The van der Waals surface area contributed by atoms with E-state index in [-0.39, 0.29) is 0 Å². The van der Waals surface area contributed by atoms with Crippen LogP contribution < -0.4 is 5.32 Å². The van der Waals surface area contributed by atoms with Gasteiger partial charge in [-0.25, -0.2) is 4.98 Å². The Kier molecular flexibility index (Phi) is 2.92. The van der Waals surface area contributed by atoms with Crippen molar-refractivity contribution in [3.05, 3.63) is 17.7 Å². The molecule has 0 amide bonds. The van der Waals surface area contributed by atoms with Gasteiger partial charge in [-0.05, 0) is 32.4 Å². The fourth-order valence-corrected chi connectivity index (χ4v) is 3.39. The number of hydrogen-bond donors (Lipinski definition) is 1. The van der Waals surface area contributed by atoms with Gasteiger partial charge in [-0.15, -0.1) is 0 Å². The van der Waals surface area contributed by atoms with Crippen molar-refractivity contribution < 1.29 is 0 Å². The summed E-state index contributed by atoms with van der Waals surface area (Å²) in [4.78, 5) is 6.99. The van der Waals surface area contributed by atoms with Gasteiger partial charge in [0.25, 0.3) is 0 Å². The van der Waals surface area contributed by atoms with Crippen molar-refractivity contribution >= 4 is 0 Å². The first-order chi connectivity index (χ1) is 8.25. The SMILES string of the molecule is CN1CCCC(C2NCCc3ncn(C)c32)C1. The highest BCUT2D eigenvalue weighted by molar-refractivity contribution is 5.22. The Morgan fingerprint density at radius 3 is 3.12 bits per heavy atom. The molecule has 0 saturated carbocycles. The van der Waals surface area contributed by atoms with Crippen LogP contribution in [0.25, 0.3) is 0 Å². The topological polar surface area (TPSA) is 33.1 Å². The molecule has 0 radical (unpaired) electrons. The summed E-state index contributed by atoms with van der Waals surface area (Å²) in [6, 6.07) is 0.508. The summed E-state index contributed by atoms with van der Waals surface area (Å²) >= 11 is 0. The number of nitrogens with one attached hydrogen (secondary N) is 1. The lowest BCUT2D eigenvalue weighted by Crippen LogP contribution is -2.43. The Morgan fingerprint density at radius 2 is 2.29 bits per heavy atom.